The van der Waals surface area contributed by atoms with Gasteiger partial charge in [0.2, 0.25) is 0 Å². The summed E-state index contributed by atoms with van der Waals surface area (Å²) in [7, 11) is 1.66. The van der Waals surface area contributed by atoms with E-state index in [1.165, 1.54) is 17.7 Å². The van der Waals surface area contributed by atoms with Crippen LogP contribution in [-0.4, -0.2) is 28.2 Å². The molecule has 0 radical (unpaired) electrons. The van der Waals surface area contributed by atoms with Crippen LogP contribution >= 0.6 is 11.3 Å². The van der Waals surface area contributed by atoms with Crippen LogP contribution in [0.25, 0.3) is 21.5 Å². The number of rotatable bonds is 6. The third-order valence-electron chi connectivity index (χ3n) is 5.76. The first-order valence-electron chi connectivity index (χ1n) is 11.3. The van der Waals surface area contributed by atoms with Gasteiger partial charge in [-0.2, -0.15) is 0 Å². The number of hydrogen-bond donors (Lipinski definition) is 0. The van der Waals surface area contributed by atoms with Crippen molar-refractivity contribution in [2.75, 3.05) is 7.11 Å². The molecule has 0 spiro atoms. The van der Waals surface area contributed by atoms with Crippen LogP contribution in [0.2, 0.25) is 0 Å². The summed E-state index contributed by atoms with van der Waals surface area (Å²) >= 11 is 1.69. The molecule has 1 fully saturated rings. The maximum Gasteiger partial charge on any atom is 0.356 e. The highest BCUT2D eigenvalue weighted by Gasteiger charge is 2.31. The van der Waals surface area contributed by atoms with Gasteiger partial charge in [0.05, 0.1) is 12.7 Å². The number of carbonyl (C=O) groups excluding carboxylic acids is 1. The molecule has 1 aliphatic rings. The first-order valence-corrected chi connectivity index (χ1v) is 12.1. The lowest BCUT2D eigenvalue weighted by Crippen LogP contribution is -2.26. The van der Waals surface area contributed by atoms with Crippen molar-refractivity contribution >= 4 is 28.2 Å². The molecule has 4 aromatic rings. The summed E-state index contributed by atoms with van der Waals surface area (Å²) in [4.78, 5) is 19.7. The van der Waals surface area contributed by atoms with E-state index in [0.717, 1.165) is 32.8 Å². The van der Waals surface area contributed by atoms with Crippen LogP contribution in [0.3, 0.4) is 0 Å². The quantitative estimate of drug-likeness (QED) is 0.302. The van der Waals surface area contributed by atoms with Gasteiger partial charge in [-0.05, 0) is 63.3 Å². The first-order chi connectivity index (χ1) is 15.8. The number of ether oxygens (including phenoxy) is 2. The minimum atomic E-state index is -0.604. The van der Waals surface area contributed by atoms with Crippen molar-refractivity contribution in [2.24, 2.45) is 0 Å². The lowest BCUT2D eigenvalue weighted by Gasteiger charge is -2.21. The number of aromatic nitrogens is 2. The summed E-state index contributed by atoms with van der Waals surface area (Å²) in [6, 6.07) is 16.1. The van der Waals surface area contributed by atoms with Crippen molar-refractivity contribution in [1.29, 1.82) is 0 Å². The van der Waals surface area contributed by atoms with E-state index in [4.69, 9.17) is 14.5 Å². The van der Waals surface area contributed by atoms with Crippen molar-refractivity contribution in [3.63, 3.8) is 0 Å². The second kappa shape index (κ2) is 8.34. The number of para-hydroxylation sites is 1. The van der Waals surface area contributed by atoms with Crippen LogP contribution in [0.15, 0.2) is 54.7 Å². The Morgan fingerprint density at radius 1 is 1.15 bits per heavy atom. The van der Waals surface area contributed by atoms with E-state index in [1.54, 1.807) is 18.4 Å². The fraction of sp³-hybridized carbons (Fsp3) is 0.333. The van der Waals surface area contributed by atoms with Gasteiger partial charge in [0.15, 0.2) is 0 Å². The molecule has 170 valence electrons. The SMILES string of the molecule is COc1cccc(Cn2c(C(=O)OC(C)(C)C)c(-c3ncc(C4CC4)s3)c3ccccc32)c1. The fourth-order valence-electron chi connectivity index (χ4n) is 4.13. The number of thiazole rings is 1. The number of carbonyl (C=O) groups is 1. The van der Waals surface area contributed by atoms with Gasteiger partial charge in [-0.3, -0.25) is 0 Å². The highest BCUT2D eigenvalue weighted by atomic mass is 32.1. The van der Waals surface area contributed by atoms with E-state index >= 15 is 0 Å². The molecule has 2 aromatic heterocycles. The van der Waals surface area contributed by atoms with E-state index in [0.29, 0.717) is 18.2 Å². The van der Waals surface area contributed by atoms with Gasteiger partial charge in [-0.25, -0.2) is 9.78 Å². The Morgan fingerprint density at radius 3 is 2.67 bits per heavy atom. The summed E-state index contributed by atoms with van der Waals surface area (Å²) in [6.07, 6.45) is 4.42. The van der Waals surface area contributed by atoms with Crippen LogP contribution in [0.5, 0.6) is 5.75 Å². The Balaban J connectivity index is 1.71. The van der Waals surface area contributed by atoms with Crippen molar-refractivity contribution < 1.29 is 14.3 Å². The zero-order valence-corrected chi connectivity index (χ0v) is 20.2. The zero-order valence-electron chi connectivity index (χ0n) is 19.4. The fourth-order valence-corrected chi connectivity index (χ4v) is 5.28. The topological polar surface area (TPSA) is 53.4 Å². The van der Waals surface area contributed by atoms with Crippen molar-refractivity contribution in [1.82, 2.24) is 9.55 Å². The largest absolute Gasteiger partial charge is 0.497 e. The average molecular weight is 461 g/mol. The van der Waals surface area contributed by atoms with Crippen LogP contribution in [0.1, 0.15) is 60.5 Å². The summed E-state index contributed by atoms with van der Waals surface area (Å²) in [5.74, 6) is 1.07. The molecule has 2 aromatic carbocycles. The molecule has 0 saturated heterocycles. The van der Waals surface area contributed by atoms with E-state index < -0.39 is 5.60 Å². The minimum Gasteiger partial charge on any atom is -0.497 e. The predicted molar refractivity (Wildman–Crippen MR) is 132 cm³/mol. The van der Waals surface area contributed by atoms with Gasteiger partial charge < -0.3 is 14.0 Å². The minimum absolute atomic E-state index is 0.334. The van der Waals surface area contributed by atoms with Crippen LogP contribution < -0.4 is 4.74 Å². The third-order valence-corrected chi connectivity index (χ3v) is 6.93. The number of benzene rings is 2. The van der Waals surface area contributed by atoms with Crippen LogP contribution in [-0.2, 0) is 11.3 Å². The average Bonchev–Trinajstić information content (AvgIpc) is 3.43. The molecule has 0 atom stereocenters. The summed E-state index contributed by atoms with van der Waals surface area (Å²) in [5.41, 5.74) is 2.84. The van der Waals surface area contributed by atoms with E-state index in [1.807, 2.05) is 63.4 Å². The van der Waals surface area contributed by atoms with Crippen LogP contribution in [0.4, 0.5) is 0 Å². The molecule has 5 nitrogen and oxygen atoms in total. The van der Waals surface area contributed by atoms with Gasteiger partial charge in [-0.15, -0.1) is 11.3 Å². The molecule has 0 aliphatic heterocycles. The molecule has 0 bridgehead atoms. The summed E-state index contributed by atoms with van der Waals surface area (Å²) < 4.78 is 13.4. The Morgan fingerprint density at radius 2 is 1.94 bits per heavy atom. The van der Waals surface area contributed by atoms with E-state index in [-0.39, 0.29) is 5.97 Å². The number of hydrogen-bond acceptors (Lipinski definition) is 5. The van der Waals surface area contributed by atoms with Crippen molar-refractivity contribution in [3.8, 4) is 16.3 Å². The molecule has 5 rings (SSSR count). The third kappa shape index (κ3) is 4.40. The molecular weight excluding hydrogens is 432 g/mol. The molecule has 1 saturated carbocycles. The van der Waals surface area contributed by atoms with Crippen LogP contribution in [0, 0.1) is 0 Å². The molecule has 0 amide bonds. The standard InChI is InChI=1S/C27H28N2O3S/c1-27(2,3)32-26(30)24-23(25-28-15-22(33-25)18-12-13-18)20-10-5-6-11-21(20)29(24)16-17-8-7-9-19(14-17)31-4/h5-11,14-15,18H,12-13,16H2,1-4H3. The maximum atomic E-state index is 13.6. The Labute approximate surface area is 198 Å². The lowest BCUT2D eigenvalue weighted by atomic mass is 10.1. The molecule has 1 aliphatic carbocycles. The van der Waals surface area contributed by atoms with Crippen molar-refractivity contribution in [2.45, 2.75) is 51.7 Å². The summed E-state index contributed by atoms with van der Waals surface area (Å²) in [6.45, 7) is 6.21. The molecule has 6 heteroatoms. The molecule has 0 unspecified atom stereocenters. The zero-order chi connectivity index (χ0) is 23.2. The molecular formula is C27H28N2O3S. The normalized spacial score (nSPS) is 13.9. The monoisotopic (exact) mass is 460 g/mol. The van der Waals surface area contributed by atoms with Crippen molar-refractivity contribution in [3.05, 3.63) is 70.9 Å². The smallest absolute Gasteiger partial charge is 0.356 e. The first kappa shape index (κ1) is 21.7. The van der Waals surface area contributed by atoms with Gasteiger partial charge in [0.25, 0.3) is 0 Å². The number of fused-ring (bicyclic) bond motifs is 1. The second-order valence-corrected chi connectivity index (χ2v) is 10.6. The van der Waals surface area contributed by atoms with Gasteiger partial charge >= 0.3 is 5.97 Å². The van der Waals surface area contributed by atoms with E-state index in [2.05, 4.69) is 16.7 Å². The van der Waals surface area contributed by atoms with Gasteiger partial charge in [0.1, 0.15) is 22.1 Å². The molecule has 2 heterocycles. The molecule has 33 heavy (non-hydrogen) atoms. The molecule has 0 N–H and O–H groups in total. The summed E-state index contributed by atoms with van der Waals surface area (Å²) in [5, 5.41) is 1.89. The number of nitrogens with zero attached hydrogens (tertiary/aromatic N) is 2. The van der Waals surface area contributed by atoms with Gasteiger partial charge in [-0.1, -0.05) is 30.3 Å². The highest BCUT2D eigenvalue weighted by Crippen LogP contribution is 2.46. The predicted octanol–water partition coefficient (Wildman–Crippen LogP) is 6.65. The number of esters is 1. The Hall–Kier alpha value is -3.12. The van der Waals surface area contributed by atoms with Gasteiger partial charge in [0, 0.05) is 28.5 Å². The van der Waals surface area contributed by atoms with E-state index in [9.17, 15) is 4.79 Å². The maximum absolute atomic E-state index is 13.6. The number of methoxy groups -OCH3 is 1. The Bertz CT molecular complexity index is 1320. The highest BCUT2D eigenvalue weighted by molar-refractivity contribution is 7.15. The second-order valence-electron chi connectivity index (χ2n) is 9.52. The Kier molecular flexibility index (Phi) is 5.49. The lowest BCUT2D eigenvalue weighted by molar-refractivity contribution is 0.00597.